The smallest absolute Gasteiger partial charge is 0.225 e. The second-order valence-electron chi connectivity index (χ2n) is 6.51. The van der Waals surface area contributed by atoms with Crippen LogP contribution in [0.5, 0.6) is 0 Å². The molecule has 0 saturated carbocycles. The molecule has 0 bridgehead atoms. The summed E-state index contributed by atoms with van der Waals surface area (Å²) >= 11 is 7.00. The zero-order chi connectivity index (χ0) is 19.1. The SMILES string of the molecule is [C-]#[N+]c1c(N2CCOCC2)sc2c1C(c1c(F)cc(Cl)cc1F)CCC2=O. The summed E-state index contributed by atoms with van der Waals surface area (Å²) in [4.78, 5) is 18.6. The zero-order valence-electron chi connectivity index (χ0n) is 14.2. The number of hydrogen-bond acceptors (Lipinski definition) is 4. The number of halogens is 3. The van der Waals surface area contributed by atoms with E-state index in [1.54, 1.807) is 0 Å². The van der Waals surface area contributed by atoms with E-state index in [1.165, 1.54) is 11.3 Å². The van der Waals surface area contributed by atoms with Crippen LogP contribution in [0.2, 0.25) is 5.02 Å². The highest BCUT2D eigenvalue weighted by molar-refractivity contribution is 7.19. The zero-order valence-corrected chi connectivity index (χ0v) is 15.8. The predicted octanol–water partition coefficient (Wildman–Crippen LogP) is 5.18. The molecule has 1 atom stereocenters. The van der Waals surface area contributed by atoms with E-state index in [0.29, 0.717) is 47.4 Å². The third kappa shape index (κ3) is 3.12. The van der Waals surface area contributed by atoms with Gasteiger partial charge in [0.2, 0.25) is 5.69 Å². The van der Waals surface area contributed by atoms with E-state index in [0.717, 1.165) is 12.1 Å². The molecular weight excluding hydrogens is 394 g/mol. The summed E-state index contributed by atoms with van der Waals surface area (Å²) in [5.41, 5.74) is 0.654. The van der Waals surface area contributed by atoms with Crippen LogP contribution in [0.25, 0.3) is 4.85 Å². The number of carbonyl (C=O) groups is 1. The molecule has 1 saturated heterocycles. The Morgan fingerprint density at radius 3 is 2.52 bits per heavy atom. The highest BCUT2D eigenvalue weighted by Crippen LogP contribution is 2.52. The third-order valence-electron chi connectivity index (χ3n) is 4.97. The van der Waals surface area contributed by atoms with Gasteiger partial charge in [-0.25, -0.2) is 13.6 Å². The molecule has 27 heavy (non-hydrogen) atoms. The number of thiophene rings is 1. The maximum Gasteiger partial charge on any atom is 0.225 e. The minimum absolute atomic E-state index is 0.0226. The van der Waals surface area contributed by atoms with Crippen molar-refractivity contribution in [2.24, 2.45) is 0 Å². The number of benzene rings is 1. The van der Waals surface area contributed by atoms with Gasteiger partial charge in [0.05, 0.1) is 29.7 Å². The lowest BCUT2D eigenvalue weighted by atomic mass is 9.81. The Kier molecular flexibility index (Phi) is 4.89. The van der Waals surface area contributed by atoms with Crippen molar-refractivity contribution in [1.29, 1.82) is 0 Å². The van der Waals surface area contributed by atoms with E-state index in [9.17, 15) is 13.6 Å². The maximum atomic E-state index is 14.6. The minimum Gasteiger partial charge on any atom is -0.378 e. The van der Waals surface area contributed by atoms with E-state index >= 15 is 0 Å². The van der Waals surface area contributed by atoms with Gasteiger partial charge in [-0.1, -0.05) is 11.6 Å². The summed E-state index contributed by atoms with van der Waals surface area (Å²) in [7, 11) is 0. The Balaban J connectivity index is 1.89. The van der Waals surface area contributed by atoms with Crippen LogP contribution in [0.15, 0.2) is 12.1 Å². The van der Waals surface area contributed by atoms with Gasteiger partial charge >= 0.3 is 0 Å². The number of ether oxygens (including phenoxy) is 1. The normalized spacial score (nSPS) is 19.7. The van der Waals surface area contributed by atoms with Gasteiger partial charge in [0.1, 0.15) is 11.6 Å². The quantitative estimate of drug-likeness (QED) is 0.642. The van der Waals surface area contributed by atoms with Crippen molar-refractivity contribution in [1.82, 2.24) is 0 Å². The van der Waals surface area contributed by atoms with Crippen LogP contribution in [-0.4, -0.2) is 32.1 Å². The number of Topliss-reactive ketones (excluding diaryl/α,β-unsaturated/α-hetero) is 1. The van der Waals surface area contributed by atoms with Crippen LogP contribution in [-0.2, 0) is 4.74 Å². The summed E-state index contributed by atoms with van der Waals surface area (Å²) in [6, 6.07) is 2.14. The van der Waals surface area contributed by atoms with E-state index in [1.807, 2.05) is 4.90 Å². The number of carbonyl (C=O) groups excluding carboxylic acids is 1. The van der Waals surface area contributed by atoms with Crippen molar-refractivity contribution in [3.8, 4) is 0 Å². The second kappa shape index (κ2) is 7.19. The number of ketones is 1. The highest BCUT2D eigenvalue weighted by atomic mass is 35.5. The lowest BCUT2D eigenvalue weighted by Crippen LogP contribution is -2.35. The molecule has 2 heterocycles. The summed E-state index contributed by atoms with van der Waals surface area (Å²) in [5, 5.41) is 0.666. The predicted molar refractivity (Wildman–Crippen MR) is 100 cm³/mol. The van der Waals surface area contributed by atoms with Gasteiger partial charge in [-0.3, -0.25) is 4.79 Å². The molecule has 2 aliphatic rings. The fraction of sp³-hybridized carbons (Fsp3) is 0.368. The van der Waals surface area contributed by atoms with Crippen LogP contribution < -0.4 is 4.90 Å². The van der Waals surface area contributed by atoms with E-state index in [-0.39, 0.29) is 29.2 Å². The van der Waals surface area contributed by atoms with Crippen LogP contribution in [0.3, 0.4) is 0 Å². The Morgan fingerprint density at radius 2 is 1.89 bits per heavy atom. The van der Waals surface area contributed by atoms with Gasteiger partial charge in [0.15, 0.2) is 5.78 Å². The molecular formula is C19H15ClF2N2O2S. The molecule has 2 aromatic rings. The van der Waals surface area contributed by atoms with Crippen molar-refractivity contribution in [2.45, 2.75) is 18.8 Å². The maximum absolute atomic E-state index is 14.6. The first-order chi connectivity index (χ1) is 13.0. The number of morpholine rings is 1. The fourth-order valence-corrected chi connectivity index (χ4v) is 5.26. The Morgan fingerprint density at radius 1 is 1.22 bits per heavy atom. The minimum atomic E-state index is -0.750. The monoisotopic (exact) mass is 408 g/mol. The molecule has 1 aromatic carbocycles. The lowest BCUT2D eigenvalue weighted by molar-refractivity contribution is 0.0973. The lowest BCUT2D eigenvalue weighted by Gasteiger charge is -2.28. The van der Waals surface area contributed by atoms with Crippen molar-refractivity contribution in [3.63, 3.8) is 0 Å². The number of hydrogen-bond donors (Lipinski definition) is 0. The molecule has 1 aliphatic carbocycles. The molecule has 1 unspecified atom stereocenters. The second-order valence-corrected chi connectivity index (χ2v) is 7.94. The van der Waals surface area contributed by atoms with E-state index in [2.05, 4.69) is 4.85 Å². The fourth-order valence-electron chi connectivity index (χ4n) is 3.75. The first-order valence-corrected chi connectivity index (χ1v) is 9.75. The number of nitrogens with zero attached hydrogens (tertiary/aromatic N) is 2. The average Bonchev–Trinajstić information content (AvgIpc) is 3.04. The van der Waals surface area contributed by atoms with E-state index in [4.69, 9.17) is 22.9 Å². The molecule has 140 valence electrons. The van der Waals surface area contributed by atoms with Crippen molar-refractivity contribution < 1.29 is 18.3 Å². The molecule has 1 fully saturated rings. The summed E-state index contributed by atoms with van der Waals surface area (Å²) in [5.74, 6) is -2.25. The van der Waals surface area contributed by atoms with Crippen LogP contribution in [0, 0.1) is 18.2 Å². The Labute approximate surface area is 164 Å². The third-order valence-corrected chi connectivity index (χ3v) is 6.48. The summed E-state index contributed by atoms with van der Waals surface area (Å²) < 4.78 is 34.5. The largest absolute Gasteiger partial charge is 0.378 e. The first-order valence-electron chi connectivity index (χ1n) is 8.55. The van der Waals surface area contributed by atoms with Crippen molar-refractivity contribution in [2.75, 3.05) is 31.2 Å². The standard InChI is InChI=1S/C19H15ClF2N2O2S/c1-23-17-16-11(15-12(21)8-10(20)9-13(15)22)2-3-14(25)18(16)27-19(17)24-4-6-26-7-5-24/h8-9,11H,2-7H2. The van der Waals surface area contributed by atoms with E-state index < -0.39 is 17.6 Å². The topological polar surface area (TPSA) is 33.9 Å². The summed E-state index contributed by atoms with van der Waals surface area (Å²) in [6.45, 7) is 9.98. The van der Waals surface area contributed by atoms with Crippen molar-refractivity contribution >= 4 is 39.4 Å². The Bertz CT molecular complexity index is 940. The molecule has 8 heteroatoms. The molecule has 1 aromatic heterocycles. The van der Waals surface area contributed by atoms with Gasteiger partial charge in [-0.2, -0.15) is 0 Å². The molecule has 0 N–H and O–H groups in total. The molecule has 1 aliphatic heterocycles. The van der Waals surface area contributed by atoms with Gasteiger partial charge in [0.25, 0.3) is 0 Å². The first kappa shape index (κ1) is 18.4. The molecule has 0 amide bonds. The number of fused-ring (bicyclic) bond motifs is 1. The number of rotatable bonds is 2. The molecule has 0 radical (unpaired) electrons. The van der Waals surface area contributed by atoms with Gasteiger partial charge in [-0.15, -0.1) is 11.3 Å². The van der Waals surface area contributed by atoms with Gasteiger partial charge in [0, 0.05) is 36.0 Å². The number of anilines is 1. The van der Waals surface area contributed by atoms with Crippen LogP contribution in [0.4, 0.5) is 19.5 Å². The molecule has 4 nitrogen and oxygen atoms in total. The Hall–Kier alpha value is -2.01. The van der Waals surface area contributed by atoms with Crippen LogP contribution in [0.1, 0.15) is 39.6 Å². The van der Waals surface area contributed by atoms with Gasteiger partial charge < -0.3 is 9.64 Å². The molecule has 4 rings (SSSR count). The average molecular weight is 409 g/mol. The highest BCUT2D eigenvalue weighted by Gasteiger charge is 2.37. The molecule has 0 spiro atoms. The van der Waals surface area contributed by atoms with Crippen LogP contribution >= 0.6 is 22.9 Å². The summed E-state index contributed by atoms with van der Waals surface area (Å²) in [6.07, 6.45) is 0.461. The van der Waals surface area contributed by atoms with Crippen molar-refractivity contribution in [3.05, 3.63) is 56.2 Å². The van der Waals surface area contributed by atoms with Gasteiger partial charge in [-0.05, 0) is 24.1 Å².